The van der Waals surface area contributed by atoms with Crippen LogP contribution in [0.2, 0.25) is 0 Å². The Morgan fingerprint density at radius 2 is 1.88 bits per heavy atom. The minimum Gasteiger partial charge on any atom is -0.490 e. The number of nitrogens with one attached hydrogen (secondary N) is 1. The Labute approximate surface area is 142 Å². The summed E-state index contributed by atoms with van der Waals surface area (Å²) in [4.78, 5) is 23.1. The zero-order chi connectivity index (χ0) is 18.2. The van der Waals surface area contributed by atoms with E-state index in [9.17, 15) is 14.7 Å². The lowest BCUT2D eigenvalue weighted by molar-refractivity contribution is -0.139. The third kappa shape index (κ3) is 7.67. The van der Waals surface area contributed by atoms with E-state index in [1.165, 1.54) is 0 Å². The maximum absolute atomic E-state index is 11.7. The van der Waals surface area contributed by atoms with Gasteiger partial charge in [-0.1, -0.05) is 24.3 Å². The van der Waals surface area contributed by atoms with Gasteiger partial charge >= 0.3 is 12.1 Å². The Kier molecular flexibility index (Phi) is 7.30. The van der Waals surface area contributed by atoms with Crippen molar-refractivity contribution in [2.45, 2.75) is 45.8 Å². The quantitative estimate of drug-likeness (QED) is 0.748. The molecule has 0 aliphatic carbocycles. The Bertz CT molecular complexity index is 572. The van der Waals surface area contributed by atoms with Gasteiger partial charge in [0.25, 0.3) is 0 Å². The highest BCUT2D eigenvalue weighted by Gasteiger charge is 2.24. The van der Waals surface area contributed by atoms with Crippen molar-refractivity contribution < 1.29 is 24.2 Å². The molecule has 1 rings (SSSR count). The number of carbonyl (C=O) groups is 2. The molecule has 2 N–H and O–H groups in total. The van der Waals surface area contributed by atoms with Crippen molar-refractivity contribution in [3.8, 4) is 5.75 Å². The topological polar surface area (TPSA) is 84.9 Å². The number of ether oxygens (including phenoxy) is 2. The van der Waals surface area contributed by atoms with E-state index in [2.05, 4.69) is 5.32 Å². The van der Waals surface area contributed by atoms with Gasteiger partial charge in [0, 0.05) is 6.42 Å². The zero-order valence-corrected chi connectivity index (χ0v) is 14.5. The van der Waals surface area contributed by atoms with E-state index in [0.717, 1.165) is 5.56 Å². The number of carboxylic acid groups (broad SMARTS) is 1. The van der Waals surface area contributed by atoms with Crippen LogP contribution in [0.5, 0.6) is 5.75 Å². The second-order valence-electron chi connectivity index (χ2n) is 6.27. The van der Waals surface area contributed by atoms with Gasteiger partial charge in [-0.15, -0.1) is 0 Å². The number of alkyl carbamates (subject to hydrolysis) is 1. The summed E-state index contributed by atoms with van der Waals surface area (Å²) in [5.74, 6) is -0.418. The molecule has 132 valence electrons. The SMILES string of the molecule is CC=CCOc1ccc(C[C@H](NC(=O)OC(C)(C)C)C(=O)O)cc1. The lowest BCUT2D eigenvalue weighted by atomic mass is 10.1. The van der Waals surface area contributed by atoms with E-state index >= 15 is 0 Å². The second kappa shape index (κ2) is 8.96. The van der Waals surface area contributed by atoms with Crippen LogP contribution in [0.15, 0.2) is 36.4 Å². The van der Waals surface area contributed by atoms with Crippen LogP contribution in [0, 0.1) is 0 Å². The fraction of sp³-hybridized carbons (Fsp3) is 0.444. The maximum Gasteiger partial charge on any atom is 0.408 e. The Balaban J connectivity index is 2.65. The first-order valence-corrected chi connectivity index (χ1v) is 7.76. The summed E-state index contributed by atoms with van der Waals surface area (Å²) in [6.45, 7) is 7.54. The van der Waals surface area contributed by atoms with Crippen LogP contribution in [0.25, 0.3) is 0 Å². The summed E-state index contributed by atoms with van der Waals surface area (Å²) in [5, 5.41) is 11.7. The number of hydrogen-bond acceptors (Lipinski definition) is 4. The molecule has 0 aliphatic heterocycles. The highest BCUT2D eigenvalue weighted by molar-refractivity contribution is 5.80. The second-order valence-corrected chi connectivity index (χ2v) is 6.27. The Morgan fingerprint density at radius 1 is 1.25 bits per heavy atom. The zero-order valence-electron chi connectivity index (χ0n) is 14.5. The Morgan fingerprint density at radius 3 is 2.38 bits per heavy atom. The number of carboxylic acids is 1. The fourth-order valence-electron chi connectivity index (χ4n) is 1.85. The normalized spacial score (nSPS) is 12.7. The van der Waals surface area contributed by atoms with Gasteiger partial charge in [-0.05, 0) is 45.4 Å². The van der Waals surface area contributed by atoms with Crippen molar-refractivity contribution in [2.24, 2.45) is 0 Å². The predicted molar refractivity (Wildman–Crippen MR) is 91.2 cm³/mol. The average molecular weight is 335 g/mol. The molecule has 0 saturated heterocycles. The summed E-state index contributed by atoms with van der Waals surface area (Å²) in [7, 11) is 0. The molecule has 0 aromatic heterocycles. The van der Waals surface area contributed by atoms with Gasteiger partial charge in [0.2, 0.25) is 0 Å². The molecule has 0 saturated carbocycles. The van der Waals surface area contributed by atoms with E-state index in [1.807, 2.05) is 19.1 Å². The van der Waals surface area contributed by atoms with Crippen molar-refractivity contribution >= 4 is 12.1 Å². The standard InChI is InChI=1S/C18H25NO5/c1-5-6-11-23-14-9-7-13(8-10-14)12-15(16(20)21)19-17(22)24-18(2,3)4/h5-10,15H,11-12H2,1-4H3,(H,19,22)(H,20,21)/t15-/m0/s1. The van der Waals surface area contributed by atoms with Gasteiger partial charge in [0.15, 0.2) is 0 Å². The Hall–Kier alpha value is -2.50. The van der Waals surface area contributed by atoms with Gasteiger partial charge in [-0.3, -0.25) is 0 Å². The molecule has 24 heavy (non-hydrogen) atoms. The third-order valence-electron chi connectivity index (χ3n) is 2.93. The van der Waals surface area contributed by atoms with E-state index in [1.54, 1.807) is 45.0 Å². The smallest absolute Gasteiger partial charge is 0.408 e. The van der Waals surface area contributed by atoms with Crippen LogP contribution in [0.1, 0.15) is 33.3 Å². The first-order valence-electron chi connectivity index (χ1n) is 7.76. The van der Waals surface area contributed by atoms with Crippen LogP contribution in [-0.4, -0.2) is 35.4 Å². The summed E-state index contributed by atoms with van der Waals surface area (Å²) < 4.78 is 10.6. The number of hydrogen-bond donors (Lipinski definition) is 2. The summed E-state index contributed by atoms with van der Waals surface area (Å²) in [6.07, 6.45) is 3.19. The molecule has 0 bridgehead atoms. The summed E-state index contributed by atoms with van der Waals surface area (Å²) >= 11 is 0. The van der Waals surface area contributed by atoms with Crippen molar-refractivity contribution in [3.63, 3.8) is 0 Å². The highest BCUT2D eigenvalue weighted by Crippen LogP contribution is 2.14. The van der Waals surface area contributed by atoms with Gasteiger partial charge in [0.05, 0.1) is 0 Å². The lowest BCUT2D eigenvalue weighted by Gasteiger charge is -2.22. The number of benzene rings is 1. The molecule has 6 heteroatoms. The monoisotopic (exact) mass is 335 g/mol. The van der Waals surface area contributed by atoms with E-state index in [-0.39, 0.29) is 6.42 Å². The van der Waals surface area contributed by atoms with Gasteiger partial charge < -0.3 is 19.9 Å². The maximum atomic E-state index is 11.7. The van der Waals surface area contributed by atoms with Crippen molar-refractivity contribution in [3.05, 3.63) is 42.0 Å². The summed E-state index contributed by atoms with van der Waals surface area (Å²) in [5.41, 5.74) is 0.0934. The van der Waals surface area contributed by atoms with Gasteiger partial charge in [0.1, 0.15) is 24.0 Å². The number of rotatable bonds is 7. The molecule has 0 heterocycles. The van der Waals surface area contributed by atoms with Crippen molar-refractivity contribution in [1.29, 1.82) is 0 Å². The van der Waals surface area contributed by atoms with E-state index < -0.39 is 23.7 Å². The fourth-order valence-corrected chi connectivity index (χ4v) is 1.85. The molecule has 0 spiro atoms. The van der Waals surface area contributed by atoms with Crippen LogP contribution in [0.4, 0.5) is 4.79 Å². The first-order chi connectivity index (χ1) is 11.2. The third-order valence-corrected chi connectivity index (χ3v) is 2.93. The predicted octanol–water partition coefficient (Wildman–Crippen LogP) is 3.16. The molecule has 0 fully saturated rings. The highest BCUT2D eigenvalue weighted by atomic mass is 16.6. The van der Waals surface area contributed by atoms with Gasteiger partial charge in [-0.2, -0.15) is 0 Å². The van der Waals surface area contributed by atoms with Crippen molar-refractivity contribution in [1.82, 2.24) is 5.32 Å². The summed E-state index contributed by atoms with van der Waals surface area (Å²) in [6, 6.07) is 6.03. The molecule has 0 unspecified atom stereocenters. The average Bonchev–Trinajstić information content (AvgIpc) is 2.46. The van der Waals surface area contributed by atoms with Crippen LogP contribution in [0.3, 0.4) is 0 Å². The van der Waals surface area contributed by atoms with Crippen LogP contribution >= 0.6 is 0 Å². The number of carbonyl (C=O) groups excluding carboxylic acids is 1. The van der Waals surface area contributed by atoms with Crippen molar-refractivity contribution in [2.75, 3.05) is 6.61 Å². The largest absolute Gasteiger partial charge is 0.490 e. The number of allylic oxidation sites excluding steroid dienone is 1. The molecule has 1 aromatic carbocycles. The minimum atomic E-state index is -1.12. The van der Waals surface area contributed by atoms with Crippen LogP contribution in [-0.2, 0) is 16.0 Å². The minimum absolute atomic E-state index is 0.156. The molecule has 1 atom stereocenters. The van der Waals surface area contributed by atoms with E-state index in [4.69, 9.17) is 9.47 Å². The number of amides is 1. The molecule has 0 aliphatic rings. The lowest BCUT2D eigenvalue weighted by Crippen LogP contribution is -2.44. The molecule has 0 radical (unpaired) electrons. The molecule has 1 amide bonds. The molecular formula is C18H25NO5. The van der Waals surface area contributed by atoms with Crippen LogP contribution < -0.4 is 10.1 Å². The molecule has 6 nitrogen and oxygen atoms in total. The number of aliphatic carboxylic acids is 1. The molecular weight excluding hydrogens is 310 g/mol. The van der Waals surface area contributed by atoms with Gasteiger partial charge in [-0.25, -0.2) is 9.59 Å². The molecule has 1 aromatic rings. The first kappa shape index (κ1) is 19.5. The van der Waals surface area contributed by atoms with E-state index in [0.29, 0.717) is 12.4 Å².